The SMILES string of the molecule is CN(c1ccccc1)S(=O)(=O)c1ccc(C(=O)NCCCNc2ccccc2)cc1. The van der Waals surface area contributed by atoms with Crippen LogP contribution in [0.1, 0.15) is 16.8 Å². The summed E-state index contributed by atoms with van der Waals surface area (Å²) in [7, 11) is -2.18. The quantitative estimate of drug-likeness (QED) is 0.514. The maximum Gasteiger partial charge on any atom is 0.264 e. The van der Waals surface area contributed by atoms with Crippen LogP contribution in [0.4, 0.5) is 11.4 Å². The number of hydrogen-bond donors (Lipinski definition) is 2. The molecular formula is C23H25N3O3S. The number of benzene rings is 3. The second-order valence-electron chi connectivity index (χ2n) is 6.73. The zero-order chi connectivity index (χ0) is 21.4. The van der Waals surface area contributed by atoms with Gasteiger partial charge in [-0.15, -0.1) is 0 Å². The highest BCUT2D eigenvalue weighted by molar-refractivity contribution is 7.92. The molecule has 0 spiro atoms. The number of carbonyl (C=O) groups excluding carboxylic acids is 1. The fourth-order valence-electron chi connectivity index (χ4n) is 2.89. The Labute approximate surface area is 177 Å². The summed E-state index contributed by atoms with van der Waals surface area (Å²) in [5.41, 5.74) is 2.04. The zero-order valence-corrected chi connectivity index (χ0v) is 17.6. The first-order valence-electron chi connectivity index (χ1n) is 9.69. The van der Waals surface area contributed by atoms with Crippen molar-refractivity contribution < 1.29 is 13.2 Å². The van der Waals surface area contributed by atoms with Crippen LogP contribution in [0.5, 0.6) is 0 Å². The molecule has 0 aliphatic carbocycles. The average Bonchev–Trinajstić information content (AvgIpc) is 2.79. The molecular weight excluding hydrogens is 398 g/mol. The van der Waals surface area contributed by atoms with Gasteiger partial charge in [-0.05, 0) is 55.0 Å². The van der Waals surface area contributed by atoms with Gasteiger partial charge in [0.15, 0.2) is 0 Å². The summed E-state index contributed by atoms with van der Waals surface area (Å²) in [6, 6.07) is 24.7. The van der Waals surface area contributed by atoms with Crippen LogP contribution >= 0.6 is 0 Å². The minimum Gasteiger partial charge on any atom is -0.385 e. The summed E-state index contributed by atoms with van der Waals surface area (Å²) in [5, 5.41) is 6.14. The van der Waals surface area contributed by atoms with Crippen molar-refractivity contribution >= 4 is 27.3 Å². The van der Waals surface area contributed by atoms with E-state index in [0.29, 0.717) is 17.8 Å². The first-order chi connectivity index (χ1) is 14.5. The molecule has 0 saturated heterocycles. The van der Waals surface area contributed by atoms with E-state index in [4.69, 9.17) is 0 Å². The van der Waals surface area contributed by atoms with Gasteiger partial charge in [0.2, 0.25) is 0 Å². The van der Waals surface area contributed by atoms with Crippen LogP contribution in [-0.4, -0.2) is 34.5 Å². The maximum absolute atomic E-state index is 12.8. The van der Waals surface area contributed by atoms with Crippen molar-refractivity contribution in [3.63, 3.8) is 0 Å². The van der Waals surface area contributed by atoms with Gasteiger partial charge in [-0.25, -0.2) is 8.42 Å². The number of para-hydroxylation sites is 2. The van der Waals surface area contributed by atoms with Crippen LogP contribution in [0.3, 0.4) is 0 Å². The van der Waals surface area contributed by atoms with Gasteiger partial charge >= 0.3 is 0 Å². The number of amides is 1. The smallest absolute Gasteiger partial charge is 0.264 e. The lowest BCUT2D eigenvalue weighted by Gasteiger charge is -2.19. The molecule has 0 unspecified atom stereocenters. The van der Waals surface area contributed by atoms with Crippen molar-refractivity contribution in [3.05, 3.63) is 90.5 Å². The molecule has 0 saturated carbocycles. The fourth-order valence-corrected chi connectivity index (χ4v) is 4.09. The minimum atomic E-state index is -3.69. The molecule has 0 heterocycles. The van der Waals surface area contributed by atoms with Crippen LogP contribution in [-0.2, 0) is 10.0 Å². The second-order valence-corrected chi connectivity index (χ2v) is 8.70. The van der Waals surface area contributed by atoms with E-state index in [2.05, 4.69) is 10.6 Å². The summed E-state index contributed by atoms with van der Waals surface area (Å²) in [6.07, 6.45) is 0.773. The van der Waals surface area contributed by atoms with Gasteiger partial charge in [0.1, 0.15) is 0 Å². The lowest BCUT2D eigenvalue weighted by atomic mass is 10.2. The van der Waals surface area contributed by atoms with E-state index in [1.807, 2.05) is 36.4 Å². The van der Waals surface area contributed by atoms with E-state index in [0.717, 1.165) is 18.7 Å². The monoisotopic (exact) mass is 423 g/mol. The van der Waals surface area contributed by atoms with Crippen molar-refractivity contribution in [1.29, 1.82) is 0 Å². The normalized spacial score (nSPS) is 11.0. The van der Waals surface area contributed by atoms with E-state index < -0.39 is 10.0 Å². The van der Waals surface area contributed by atoms with Crippen LogP contribution in [0.25, 0.3) is 0 Å². The highest BCUT2D eigenvalue weighted by Gasteiger charge is 2.21. The van der Waals surface area contributed by atoms with E-state index in [9.17, 15) is 13.2 Å². The largest absolute Gasteiger partial charge is 0.385 e. The Morgan fingerprint density at radius 3 is 2.07 bits per heavy atom. The molecule has 0 aliphatic heterocycles. The molecule has 0 radical (unpaired) electrons. The Bertz CT molecular complexity index is 1050. The first-order valence-corrected chi connectivity index (χ1v) is 11.1. The Kier molecular flexibility index (Phi) is 7.08. The van der Waals surface area contributed by atoms with Crippen molar-refractivity contribution in [2.45, 2.75) is 11.3 Å². The Morgan fingerprint density at radius 2 is 1.43 bits per heavy atom. The van der Waals surface area contributed by atoms with E-state index >= 15 is 0 Å². The lowest BCUT2D eigenvalue weighted by molar-refractivity contribution is 0.0953. The number of rotatable bonds is 9. The Balaban J connectivity index is 1.52. The molecule has 1 amide bonds. The third kappa shape index (κ3) is 5.39. The standard InChI is InChI=1S/C23H25N3O3S/c1-26(21-11-6-3-7-12-21)30(28,29)22-15-13-19(14-16-22)23(27)25-18-8-17-24-20-9-4-2-5-10-20/h2-7,9-16,24H,8,17-18H2,1H3,(H,25,27). The predicted octanol–water partition coefficient (Wildman–Crippen LogP) is 3.74. The molecule has 0 atom stereocenters. The van der Waals surface area contributed by atoms with Crippen molar-refractivity contribution in [2.75, 3.05) is 29.8 Å². The number of hydrogen-bond acceptors (Lipinski definition) is 4. The van der Waals surface area contributed by atoms with Crippen LogP contribution < -0.4 is 14.9 Å². The Hall–Kier alpha value is -3.32. The molecule has 7 heteroatoms. The van der Waals surface area contributed by atoms with Gasteiger partial charge in [0.25, 0.3) is 15.9 Å². The van der Waals surface area contributed by atoms with Crippen LogP contribution in [0, 0.1) is 0 Å². The highest BCUT2D eigenvalue weighted by atomic mass is 32.2. The number of nitrogens with zero attached hydrogens (tertiary/aromatic N) is 1. The summed E-state index contributed by atoms with van der Waals surface area (Å²) < 4.78 is 26.8. The maximum atomic E-state index is 12.8. The van der Waals surface area contributed by atoms with Gasteiger partial charge in [-0.2, -0.15) is 0 Å². The summed E-state index contributed by atoms with van der Waals surface area (Å²) in [4.78, 5) is 12.4. The minimum absolute atomic E-state index is 0.137. The molecule has 0 fully saturated rings. The van der Waals surface area contributed by atoms with Crippen LogP contribution in [0.2, 0.25) is 0 Å². The third-order valence-electron chi connectivity index (χ3n) is 4.64. The molecule has 2 N–H and O–H groups in total. The van der Waals surface area contributed by atoms with Gasteiger partial charge < -0.3 is 10.6 Å². The molecule has 3 rings (SSSR count). The first kappa shape index (κ1) is 21.4. The zero-order valence-electron chi connectivity index (χ0n) is 16.8. The summed E-state index contributed by atoms with van der Waals surface area (Å²) in [6.45, 7) is 1.27. The summed E-state index contributed by atoms with van der Waals surface area (Å²) in [5.74, 6) is -0.227. The highest BCUT2D eigenvalue weighted by Crippen LogP contribution is 2.21. The Morgan fingerprint density at radius 1 is 0.833 bits per heavy atom. The van der Waals surface area contributed by atoms with Crippen LogP contribution in [0.15, 0.2) is 89.8 Å². The van der Waals surface area contributed by atoms with Gasteiger partial charge in [-0.1, -0.05) is 36.4 Å². The van der Waals surface area contributed by atoms with Gasteiger partial charge in [0, 0.05) is 31.4 Å². The molecule has 0 aromatic heterocycles. The molecule has 0 bridgehead atoms. The predicted molar refractivity (Wildman–Crippen MR) is 120 cm³/mol. The second kappa shape index (κ2) is 9.93. The fraction of sp³-hybridized carbons (Fsp3) is 0.174. The topological polar surface area (TPSA) is 78.5 Å². The number of anilines is 2. The summed E-state index contributed by atoms with van der Waals surface area (Å²) >= 11 is 0. The van der Waals surface area contributed by atoms with Crippen molar-refractivity contribution in [1.82, 2.24) is 5.32 Å². The van der Waals surface area contributed by atoms with Gasteiger partial charge in [-0.3, -0.25) is 9.10 Å². The van der Waals surface area contributed by atoms with Crippen molar-refractivity contribution in [2.24, 2.45) is 0 Å². The number of nitrogens with one attached hydrogen (secondary N) is 2. The molecule has 3 aromatic rings. The van der Waals surface area contributed by atoms with E-state index in [-0.39, 0.29) is 10.8 Å². The van der Waals surface area contributed by atoms with E-state index in [1.165, 1.54) is 35.6 Å². The molecule has 0 aliphatic rings. The number of carbonyl (C=O) groups is 1. The number of sulfonamides is 1. The van der Waals surface area contributed by atoms with Gasteiger partial charge in [0.05, 0.1) is 10.6 Å². The molecule has 30 heavy (non-hydrogen) atoms. The third-order valence-corrected chi connectivity index (χ3v) is 6.44. The lowest BCUT2D eigenvalue weighted by Crippen LogP contribution is -2.27. The van der Waals surface area contributed by atoms with Crippen molar-refractivity contribution in [3.8, 4) is 0 Å². The molecule has 3 aromatic carbocycles. The average molecular weight is 424 g/mol. The van der Waals surface area contributed by atoms with E-state index in [1.54, 1.807) is 24.3 Å². The molecule has 6 nitrogen and oxygen atoms in total. The molecule has 156 valence electrons.